The first-order valence-electron chi connectivity index (χ1n) is 4.85. The van der Waals surface area contributed by atoms with E-state index in [4.69, 9.17) is 4.74 Å². The molecule has 1 unspecified atom stereocenters. The molecule has 1 heterocycles. The van der Waals surface area contributed by atoms with Gasteiger partial charge in [-0.15, -0.1) is 0 Å². The predicted octanol–water partition coefficient (Wildman–Crippen LogP) is 1.88. The van der Waals surface area contributed by atoms with Gasteiger partial charge in [0.05, 0.1) is 0 Å². The molecule has 0 amide bonds. The number of ether oxygens (including phenoxy) is 1. The van der Waals surface area contributed by atoms with Gasteiger partial charge in [0.1, 0.15) is 0 Å². The average Bonchev–Trinajstić information content (AvgIpc) is 2.61. The Kier molecular flexibility index (Phi) is 2.75. The standard InChI is InChI=1S/C10H14O2Se/c1-2-12-10(11)9-6-7-4-3-5-8(7)13-9/h9H,2-6H2,1H3. The first-order valence-corrected chi connectivity index (χ1v) is 6.70. The summed E-state index contributed by atoms with van der Waals surface area (Å²) in [7, 11) is 0. The maximum atomic E-state index is 11.4. The zero-order valence-electron chi connectivity index (χ0n) is 7.84. The molecule has 0 aromatic carbocycles. The van der Waals surface area contributed by atoms with E-state index in [1.807, 2.05) is 6.92 Å². The van der Waals surface area contributed by atoms with Gasteiger partial charge in [0.15, 0.2) is 0 Å². The van der Waals surface area contributed by atoms with Crippen LogP contribution in [0.25, 0.3) is 0 Å². The van der Waals surface area contributed by atoms with Crippen LogP contribution in [0.15, 0.2) is 10.0 Å². The molecular weight excluding hydrogens is 231 g/mol. The number of carbonyl (C=O) groups excluding carboxylic acids is 1. The number of esters is 1. The van der Waals surface area contributed by atoms with Crippen molar-refractivity contribution in [1.82, 2.24) is 0 Å². The first-order chi connectivity index (χ1) is 6.31. The van der Waals surface area contributed by atoms with Gasteiger partial charge in [0.2, 0.25) is 0 Å². The summed E-state index contributed by atoms with van der Waals surface area (Å²) in [6, 6.07) is 0. The van der Waals surface area contributed by atoms with E-state index in [1.54, 1.807) is 10.0 Å². The quantitative estimate of drug-likeness (QED) is 0.548. The minimum absolute atomic E-state index is 0.0388. The molecular formula is C10H14O2Se. The van der Waals surface area contributed by atoms with Crippen LogP contribution in [0.3, 0.4) is 0 Å². The Bertz CT molecular complexity index is 242. The van der Waals surface area contributed by atoms with Crippen molar-refractivity contribution in [3.63, 3.8) is 0 Å². The van der Waals surface area contributed by atoms with Crippen molar-refractivity contribution in [1.29, 1.82) is 0 Å². The van der Waals surface area contributed by atoms with Crippen LogP contribution in [0, 0.1) is 0 Å². The summed E-state index contributed by atoms with van der Waals surface area (Å²) in [5.74, 6) is 0.0388. The summed E-state index contributed by atoms with van der Waals surface area (Å²) in [6.07, 6.45) is 4.83. The molecule has 0 spiro atoms. The molecule has 72 valence electrons. The Hall–Kier alpha value is -0.271. The van der Waals surface area contributed by atoms with Gasteiger partial charge in [0, 0.05) is 0 Å². The number of allylic oxidation sites excluding steroid dienone is 2. The van der Waals surface area contributed by atoms with Gasteiger partial charge < -0.3 is 0 Å². The van der Waals surface area contributed by atoms with E-state index in [0.29, 0.717) is 21.6 Å². The van der Waals surface area contributed by atoms with Crippen LogP contribution in [0.1, 0.15) is 32.6 Å². The van der Waals surface area contributed by atoms with Crippen molar-refractivity contribution in [2.75, 3.05) is 6.61 Å². The van der Waals surface area contributed by atoms with Crippen LogP contribution in [0.4, 0.5) is 0 Å². The summed E-state index contributed by atoms with van der Waals surface area (Å²) in [5.41, 5.74) is 1.58. The van der Waals surface area contributed by atoms with Crippen LogP contribution < -0.4 is 0 Å². The molecule has 2 nitrogen and oxygen atoms in total. The summed E-state index contributed by atoms with van der Waals surface area (Å²) >= 11 is 0.415. The molecule has 0 radical (unpaired) electrons. The van der Waals surface area contributed by atoms with Crippen LogP contribution in [-0.4, -0.2) is 27.5 Å². The fourth-order valence-electron chi connectivity index (χ4n) is 1.94. The molecule has 0 saturated carbocycles. The molecule has 2 rings (SSSR count). The van der Waals surface area contributed by atoms with Crippen LogP contribution in [0.5, 0.6) is 0 Å². The summed E-state index contributed by atoms with van der Waals surface area (Å²) in [5, 5.41) is 0. The molecule has 0 fully saturated rings. The summed E-state index contributed by atoms with van der Waals surface area (Å²) in [4.78, 5) is 11.7. The SMILES string of the molecule is CCOC(=O)C1CC2=C(CCC2)[Se]1. The third kappa shape index (κ3) is 1.82. The molecule has 3 heteroatoms. The summed E-state index contributed by atoms with van der Waals surface area (Å²) < 4.78 is 6.66. The maximum absolute atomic E-state index is 11.4. The van der Waals surface area contributed by atoms with Crippen molar-refractivity contribution in [3.05, 3.63) is 10.0 Å². The molecule has 0 saturated heterocycles. The topological polar surface area (TPSA) is 26.3 Å². The molecule has 0 N–H and O–H groups in total. The fourth-order valence-corrected chi connectivity index (χ4v) is 4.89. The van der Waals surface area contributed by atoms with E-state index in [2.05, 4.69) is 0 Å². The van der Waals surface area contributed by atoms with Crippen molar-refractivity contribution in [3.8, 4) is 0 Å². The molecule has 2 aliphatic rings. The van der Waals surface area contributed by atoms with Gasteiger partial charge >= 0.3 is 84.5 Å². The second-order valence-corrected chi connectivity index (χ2v) is 6.17. The molecule has 0 bridgehead atoms. The van der Waals surface area contributed by atoms with Gasteiger partial charge in [0.25, 0.3) is 0 Å². The van der Waals surface area contributed by atoms with Gasteiger partial charge in [-0.2, -0.15) is 0 Å². The molecule has 1 atom stereocenters. The number of hydrogen-bond acceptors (Lipinski definition) is 2. The Morgan fingerprint density at radius 3 is 3.15 bits per heavy atom. The Morgan fingerprint density at radius 1 is 1.62 bits per heavy atom. The monoisotopic (exact) mass is 246 g/mol. The molecule has 13 heavy (non-hydrogen) atoms. The second kappa shape index (κ2) is 3.85. The zero-order chi connectivity index (χ0) is 9.26. The third-order valence-electron chi connectivity index (χ3n) is 2.54. The minimum atomic E-state index is 0.0388. The Labute approximate surface area is 84.9 Å². The second-order valence-electron chi connectivity index (χ2n) is 3.44. The van der Waals surface area contributed by atoms with Gasteiger partial charge in [-0.3, -0.25) is 0 Å². The van der Waals surface area contributed by atoms with E-state index in [0.717, 1.165) is 6.42 Å². The first kappa shape index (κ1) is 9.29. The normalized spacial score (nSPS) is 26.4. The Balaban J connectivity index is 1.91. The molecule has 1 aliphatic carbocycles. The summed E-state index contributed by atoms with van der Waals surface area (Å²) in [6.45, 7) is 2.40. The van der Waals surface area contributed by atoms with Crippen molar-refractivity contribution >= 4 is 20.9 Å². The van der Waals surface area contributed by atoms with Crippen molar-refractivity contribution < 1.29 is 9.53 Å². The molecule has 0 aromatic heterocycles. The van der Waals surface area contributed by atoms with Gasteiger partial charge in [-0.1, -0.05) is 0 Å². The number of rotatable bonds is 2. The van der Waals surface area contributed by atoms with E-state index >= 15 is 0 Å². The number of carbonyl (C=O) groups is 1. The van der Waals surface area contributed by atoms with Crippen LogP contribution >= 0.6 is 0 Å². The average molecular weight is 245 g/mol. The molecule has 0 aromatic rings. The Morgan fingerprint density at radius 2 is 2.46 bits per heavy atom. The third-order valence-corrected chi connectivity index (χ3v) is 5.52. The van der Waals surface area contributed by atoms with E-state index in [9.17, 15) is 4.79 Å². The number of hydrogen-bond donors (Lipinski definition) is 0. The van der Waals surface area contributed by atoms with Crippen molar-refractivity contribution in [2.45, 2.75) is 37.4 Å². The molecule has 1 aliphatic heterocycles. The van der Waals surface area contributed by atoms with Gasteiger partial charge in [-0.25, -0.2) is 0 Å². The van der Waals surface area contributed by atoms with Gasteiger partial charge in [-0.05, 0) is 0 Å². The van der Waals surface area contributed by atoms with Crippen LogP contribution in [-0.2, 0) is 9.53 Å². The van der Waals surface area contributed by atoms with E-state index in [-0.39, 0.29) is 10.8 Å². The van der Waals surface area contributed by atoms with Crippen LogP contribution in [0.2, 0.25) is 4.82 Å². The zero-order valence-corrected chi connectivity index (χ0v) is 9.55. The van der Waals surface area contributed by atoms with E-state index in [1.165, 1.54) is 19.3 Å². The fraction of sp³-hybridized carbons (Fsp3) is 0.700. The van der Waals surface area contributed by atoms with Crippen molar-refractivity contribution in [2.24, 2.45) is 0 Å². The predicted molar refractivity (Wildman–Crippen MR) is 51.6 cm³/mol. The van der Waals surface area contributed by atoms with E-state index < -0.39 is 0 Å².